The van der Waals surface area contributed by atoms with Crippen molar-refractivity contribution in [2.75, 3.05) is 0 Å². The lowest BCUT2D eigenvalue weighted by Crippen LogP contribution is -2.24. The summed E-state index contributed by atoms with van der Waals surface area (Å²) in [7, 11) is 0. The van der Waals surface area contributed by atoms with Gasteiger partial charge in [-0.25, -0.2) is 0 Å². The zero-order valence-electron chi connectivity index (χ0n) is 9.32. The van der Waals surface area contributed by atoms with Crippen LogP contribution in [0.15, 0.2) is 0 Å². The molecule has 0 aliphatic heterocycles. The van der Waals surface area contributed by atoms with E-state index >= 15 is 0 Å². The highest BCUT2D eigenvalue weighted by molar-refractivity contribution is 8.02. The molecular weight excluding hydrogens is 223 g/mol. The third-order valence-electron chi connectivity index (χ3n) is 1.60. The molecular formula is C10H20Cl2S. The molecule has 0 rings (SSSR count). The van der Waals surface area contributed by atoms with Crippen molar-refractivity contribution in [2.24, 2.45) is 10.8 Å². The Morgan fingerprint density at radius 2 is 1.00 bits per heavy atom. The van der Waals surface area contributed by atoms with Gasteiger partial charge in [0.05, 0.1) is 9.42 Å². The number of hydrogen-bond acceptors (Lipinski definition) is 1. The fourth-order valence-corrected chi connectivity index (χ4v) is 2.31. The molecule has 0 aliphatic rings. The summed E-state index contributed by atoms with van der Waals surface area (Å²) >= 11 is 14.1. The number of thioether (sulfide) groups is 1. The third kappa shape index (κ3) is 5.39. The van der Waals surface area contributed by atoms with Gasteiger partial charge in [-0.1, -0.05) is 41.5 Å². The van der Waals surface area contributed by atoms with Gasteiger partial charge in [-0.2, -0.15) is 0 Å². The second-order valence-electron chi connectivity index (χ2n) is 5.50. The molecule has 0 aromatic carbocycles. The molecule has 2 atom stereocenters. The molecule has 0 spiro atoms. The molecule has 0 heterocycles. The summed E-state index contributed by atoms with van der Waals surface area (Å²) in [5.74, 6) is 0. The summed E-state index contributed by atoms with van der Waals surface area (Å²) < 4.78 is 0.128. The van der Waals surface area contributed by atoms with E-state index in [1.165, 1.54) is 0 Å². The summed E-state index contributed by atoms with van der Waals surface area (Å²) in [6.07, 6.45) is 0. The molecule has 80 valence electrons. The van der Waals surface area contributed by atoms with E-state index in [2.05, 4.69) is 41.5 Å². The lowest BCUT2D eigenvalue weighted by Gasteiger charge is -2.31. The highest BCUT2D eigenvalue weighted by Gasteiger charge is 2.30. The zero-order valence-corrected chi connectivity index (χ0v) is 11.6. The van der Waals surface area contributed by atoms with E-state index in [0.29, 0.717) is 0 Å². The predicted octanol–water partition coefficient (Wildman–Crippen LogP) is 4.94. The van der Waals surface area contributed by atoms with Crippen LogP contribution in [0.4, 0.5) is 0 Å². The molecule has 3 heteroatoms. The first-order valence-corrected chi connectivity index (χ1v) is 6.30. The lowest BCUT2D eigenvalue weighted by molar-refractivity contribution is 0.437. The van der Waals surface area contributed by atoms with Gasteiger partial charge in [0, 0.05) is 0 Å². The van der Waals surface area contributed by atoms with Crippen LogP contribution in [0, 0.1) is 10.8 Å². The number of halogens is 2. The van der Waals surface area contributed by atoms with Crippen LogP contribution in [0.5, 0.6) is 0 Å². The van der Waals surface area contributed by atoms with E-state index in [0.717, 1.165) is 0 Å². The van der Waals surface area contributed by atoms with Gasteiger partial charge in [-0.05, 0) is 10.8 Å². The standard InChI is InChI=1S/C10H20Cl2S/c1-9(2,3)7(11)13-8(12)10(4,5)6/h7-8H,1-6H3. The fourth-order valence-electron chi connectivity index (χ4n) is 0.513. The quantitative estimate of drug-likeness (QED) is 0.619. The normalized spacial score (nSPS) is 18.5. The molecule has 0 fully saturated rings. The van der Waals surface area contributed by atoms with Gasteiger partial charge >= 0.3 is 0 Å². The molecule has 13 heavy (non-hydrogen) atoms. The first kappa shape index (κ1) is 13.9. The molecule has 0 saturated carbocycles. The Balaban J connectivity index is 4.15. The van der Waals surface area contributed by atoms with E-state index in [4.69, 9.17) is 23.2 Å². The SMILES string of the molecule is CC(C)(C)C(Cl)SC(Cl)C(C)(C)C. The highest BCUT2D eigenvalue weighted by atomic mass is 35.5. The van der Waals surface area contributed by atoms with Gasteiger partial charge in [0.15, 0.2) is 0 Å². The van der Waals surface area contributed by atoms with E-state index in [1.807, 2.05) is 0 Å². The van der Waals surface area contributed by atoms with Crippen LogP contribution < -0.4 is 0 Å². The summed E-state index contributed by atoms with van der Waals surface area (Å²) in [5, 5.41) is 0. The molecule has 0 aromatic rings. The maximum atomic E-state index is 6.24. The third-order valence-corrected chi connectivity index (χ3v) is 5.42. The molecule has 0 amide bonds. The van der Waals surface area contributed by atoms with Crippen molar-refractivity contribution in [2.45, 2.75) is 51.0 Å². The number of alkyl halides is 2. The first-order chi connectivity index (χ1) is 5.55. The van der Waals surface area contributed by atoms with Crippen LogP contribution in [0.25, 0.3) is 0 Å². The molecule has 0 saturated heterocycles. The van der Waals surface area contributed by atoms with Crippen LogP contribution in [0.1, 0.15) is 41.5 Å². The fraction of sp³-hybridized carbons (Fsp3) is 1.00. The van der Waals surface area contributed by atoms with Crippen LogP contribution in [-0.4, -0.2) is 9.42 Å². The Hall–Kier alpha value is 0.930. The Kier molecular flexibility index (Phi) is 4.96. The van der Waals surface area contributed by atoms with Crippen molar-refractivity contribution in [1.29, 1.82) is 0 Å². The van der Waals surface area contributed by atoms with E-state index < -0.39 is 0 Å². The highest BCUT2D eigenvalue weighted by Crippen LogP contribution is 2.42. The predicted molar refractivity (Wildman–Crippen MR) is 65.8 cm³/mol. The first-order valence-electron chi connectivity index (χ1n) is 4.49. The molecule has 0 aromatic heterocycles. The van der Waals surface area contributed by atoms with Gasteiger partial charge in [-0.3, -0.25) is 0 Å². The van der Waals surface area contributed by atoms with E-state index in [1.54, 1.807) is 11.8 Å². The summed E-state index contributed by atoms with van der Waals surface area (Å²) in [6, 6.07) is 0. The Bertz CT molecular complexity index is 137. The van der Waals surface area contributed by atoms with Gasteiger partial charge in [0.2, 0.25) is 0 Å². The molecule has 0 radical (unpaired) electrons. The van der Waals surface area contributed by atoms with Crippen LogP contribution in [0.3, 0.4) is 0 Å². The molecule has 0 aliphatic carbocycles. The minimum absolute atomic E-state index is 0.0641. The van der Waals surface area contributed by atoms with Crippen molar-refractivity contribution in [1.82, 2.24) is 0 Å². The van der Waals surface area contributed by atoms with Crippen LogP contribution in [0.2, 0.25) is 0 Å². The topological polar surface area (TPSA) is 0 Å². The number of hydrogen-bond donors (Lipinski definition) is 0. The smallest absolute Gasteiger partial charge is 0.0851 e. The van der Waals surface area contributed by atoms with Crippen molar-refractivity contribution < 1.29 is 0 Å². The molecule has 0 bridgehead atoms. The monoisotopic (exact) mass is 242 g/mol. The summed E-state index contributed by atoms with van der Waals surface area (Å²) in [5.41, 5.74) is 0.204. The Morgan fingerprint density at radius 1 is 0.769 bits per heavy atom. The Morgan fingerprint density at radius 3 is 1.15 bits per heavy atom. The van der Waals surface area contributed by atoms with E-state index in [9.17, 15) is 0 Å². The molecule has 2 unspecified atom stereocenters. The summed E-state index contributed by atoms with van der Waals surface area (Å²) in [6.45, 7) is 12.8. The summed E-state index contributed by atoms with van der Waals surface area (Å²) in [4.78, 5) is 0. The van der Waals surface area contributed by atoms with Crippen molar-refractivity contribution in [3.05, 3.63) is 0 Å². The largest absolute Gasteiger partial charge is 0.121 e. The van der Waals surface area contributed by atoms with Gasteiger partial charge < -0.3 is 0 Å². The average Bonchev–Trinajstić information content (AvgIpc) is 1.82. The number of rotatable bonds is 2. The lowest BCUT2D eigenvalue weighted by atomic mass is 10.00. The van der Waals surface area contributed by atoms with Crippen LogP contribution in [-0.2, 0) is 0 Å². The van der Waals surface area contributed by atoms with Gasteiger partial charge in [-0.15, -0.1) is 35.0 Å². The van der Waals surface area contributed by atoms with Crippen molar-refractivity contribution >= 4 is 35.0 Å². The average molecular weight is 243 g/mol. The van der Waals surface area contributed by atoms with Crippen molar-refractivity contribution in [3.63, 3.8) is 0 Å². The van der Waals surface area contributed by atoms with Gasteiger partial charge in [0.1, 0.15) is 0 Å². The van der Waals surface area contributed by atoms with E-state index in [-0.39, 0.29) is 20.2 Å². The maximum absolute atomic E-state index is 6.24. The molecule has 0 nitrogen and oxygen atoms in total. The molecule has 0 N–H and O–H groups in total. The second-order valence-corrected chi connectivity index (χ2v) is 8.11. The van der Waals surface area contributed by atoms with Crippen LogP contribution >= 0.6 is 35.0 Å². The second kappa shape index (κ2) is 4.63. The van der Waals surface area contributed by atoms with Gasteiger partial charge in [0.25, 0.3) is 0 Å². The Labute approximate surface area is 96.8 Å². The maximum Gasteiger partial charge on any atom is 0.0851 e. The minimum atomic E-state index is 0.0641. The minimum Gasteiger partial charge on any atom is -0.121 e. The zero-order chi connectivity index (χ0) is 10.9. The van der Waals surface area contributed by atoms with Crippen molar-refractivity contribution in [3.8, 4) is 0 Å².